The molecule has 0 atom stereocenters. The Morgan fingerprint density at radius 1 is 0.659 bits per heavy atom. The van der Waals surface area contributed by atoms with E-state index in [1.54, 1.807) is 12.0 Å². The predicted octanol–water partition coefficient (Wildman–Crippen LogP) is 10.2. The van der Waals surface area contributed by atoms with Gasteiger partial charge in [0.05, 0.1) is 0 Å². The second kappa shape index (κ2) is 11.7. The fraction of sp³-hybridized carbons (Fsp3) is 0.824. The summed E-state index contributed by atoms with van der Waals surface area (Å²) in [4.78, 5) is 0. The molecule has 1 nitrogen and oxygen atoms in total. The maximum atomic E-state index is 4.65. The van der Waals surface area contributed by atoms with E-state index in [2.05, 4.69) is 130 Å². The molecule has 7 heteroatoms. The molecular weight excluding hydrogens is 687 g/mol. The summed E-state index contributed by atoms with van der Waals surface area (Å²) in [6.07, 6.45) is 7.56. The molecule has 1 aromatic rings. The van der Waals surface area contributed by atoms with Gasteiger partial charge in [-0.25, -0.2) is 0 Å². The van der Waals surface area contributed by atoms with Crippen molar-refractivity contribution in [3.63, 3.8) is 0 Å². The Kier molecular flexibility index (Phi) is 9.97. The fourth-order valence-corrected chi connectivity index (χ4v) is 44.9. The molecule has 0 spiro atoms. The molecule has 5 rings (SSSR count). The summed E-state index contributed by atoms with van der Waals surface area (Å²) in [6.45, 7) is 39.5. The van der Waals surface area contributed by atoms with Crippen LogP contribution < -0.4 is 8.67 Å². The van der Waals surface area contributed by atoms with Gasteiger partial charge in [0.1, 0.15) is 0 Å². The Morgan fingerprint density at radius 3 is 1.29 bits per heavy atom. The van der Waals surface area contributed by atoms with Crippen molar-refractivity contribution in [1.29, 1.82) is 0 Å². The van der Waals surface area contributed by atoms with Crippen molar-refractivity contribution in [1.82, 2.24) is 4.27 Å². The van der Waals surface area contributed by atoms with Gasteiger partial charge < -0.3 is 0 Å². The zero-order valence-corrected chi connectivity index (χ0v) is 37.3. The number of rotatable bonds is 9. The van der Waals surface area contributed by atoms with Crippen LogP contribution >= 0.6 is 14.0 Å². The average Bonchev–Trinajstić information content (AvgIpc) is 2.70. The zero-order valence-electron chi connectivity index (χ0n) is 29.6. The monoisotopic (exact) mass is 752 g/mol. The van der Waals surface area contributed by atoms with E-state index in [1.807, 2.05) is 15.5 Å². The van der Waals surface area contributed by atoms with Gasteiger partial charge in [0.25, 0.3) is 0 Å². The third kappa shape index (κ3) is 7.56. The molecule has 1 radical (unpaired) electrons. The summed E-state index contributed by atoms with van der Waals surface area (Å²) >= 11 is 2.69. The van der Waals surface area contributed by atoms with Gasteiger partial charge in [0.15, 0.2) is 0 Å². The molecule has 0 unspecified atom stereocenters. The molecule has 4 fully saturated rings. The third-order valence-electron chi connectivity index (χ3n) is 10.9. The van der Waals surface area contributed by atoms with Crippen LogP contribution in [0.3, 0.4) is 0 Å². The van der Waals surface area contributed by atoms with Crippen LogP contribution in [0.25, 0.3) is 0 Å². The molecule has 0 amide bonds. The molecular formula is C34H65BrGeNSi4. The number of hydrogen-bond acceptors (Lipinski definition) is 1. The Labute approximate surface area is 271 Å². The SMILES string of the molecule is CC(C)(C)c1cc(C([Si](C)(C)C)[Si](C)(C)C)[c]([Ge]([Br])[NH]C2C3CC4CC(C3)CC2C4)c(C([Si](C)(C)C)[Si](C)(C)C)c1. The molecule has 4 aliphatic rings. The Bertz CT molecular complexity index is 993. The summed E-state index contributed by atoms with van der Waals surface area (Å²) in [5.74, 6) is 3.94. The summed E-state index contributed by atoms with van der Waals surface area (Å²) in [5, 5.41) is 1.55. The summed E-state index contributed by atoms with van der Waals surface area (Å²) in [6, 6.07) is 6.31. The van der Waals surface area contributed by atoms with Crippen LogP contribution in [0.1, 0.15) is 79.9 Å². The molecule has 1 aromatic carbocycles. The number of benzene rings is 1. The van der Waals surface area contributed by atoms with Crippen molar-refractivity contribution in [2.24, 2.45) is 23.7 Å². The van der Waals surface area contributed by atoms with Gasteiger partial charge in [-0.2, -0.15) is 0 Å². The first kappa shape index (κ1) is 34.9. The molecule has 0 heterocycles. The van der Waals surface area contributed by atoms with Crippen LogP contribution in [0, 0.1) is 23.7 Å². The van der Waals surface area contributed by atoms with E-state index < -0.39 is 45.0 Å². The number of nitrogens with one attached hydrogen (secondary N) is 1. The van der Waals surface area contributed by atoms with E-state index in [4.69, 9.17) is 0 Å². The quantitative estimate of drug-likeness (QED) is 0.248. The van der Waals surface area contributed by atoms with Gasteiger partial charge in [-0.1, -0.05) is 0 Å². The van der Waals surface area contributed by atoms with Gasteiger partial charge >= 0.3 is 273 Å². The standard InChI is InChI=1S/C34H65BrGeNSi4/c1-34(2,3)27-21-28(32(38(4,5)6)39(7,8)9)30(29(22-27)33(40(10,11)12)41(13,14)15)36(35)37-31-25-17-23-16-24(19-25)20-26(31)18-23/h21-26,31-33,37H,16-20H2,1-15H3. The molecule has 4 aliphatic carbocycles. The minimum absolute atomic E-state index is 0.163. The maximum absolute atomic E-state index is 4.65. The van der Waals surface area contributed by atoms with Gasteiger partial charge in [0.2, 0.25) is 0 Å². The van der Waals surface area contributed by atoms with E-state index in [0.29, 0.717) is 0 Å². The van der Waals surface area contributed by atoms with E-state index in [1.165, 1.54) is 25.7 Å². The van der Waals surface area contributed by atoms with E-state index in [-0.39, 0.29) is 5.41 Å². The van der Waals surface area contributed by atoms with Crippen molar-refractivity contribution in [3.8, 4) is 0 Å². The number of halogens is 1. The Hall–Kier alpha value is 1.07. The van der Waals surface area contributed by atoms with E-state index in [0.717, 1.165) is 40.0 Å². The molecule has 0 aromatic heterocycles. The normalized spacial score (nSPS) is 27.5. The molecule has 1 N–H and O–H groups in total. The van der Waals surface area contributed by atoms with Gasteiger partial charge in [-0.3, -0.25) is 0 Å². The van der Waals surface area contributed by atoms with Gasteiger partial charge in [-0.05, 0) is 0 Å². The third-order valence-corrected chi connectivity index (χ3v) is 36.1. The first-order chi connectivity index (χ1) is 18.4. The van der Waals surface area contributed by atoms with E-state index >= 15 is 0 Å². The van der Waals surface area contributed by atoms with Crippen LogP contribution in [-0.4, -0.2) is 51.1 Å². The average molecular weight is 753 g/mol. The topological polar surface area (TPSA) is 12.0 Å². The fourth-order valence-electron chi connectivity index (χ4n) is 10.7. The van der Waals surface area contributed by atoms with E-state index in [9.17, 15) is 0 Å². The first-order valence-electron chi connectivity index (χ1n) is 16.9. The predicted molar refractivity (Wildman–Crippen MR) is 202 cm³/mol. The van der Waals surface area contributed by atoms with Crippen LogP contribution in [0.4, 0.5) is 0 Å². The second-order valence-electron chi connectivity index (χ2n) is 20.0. The van der Waals surface area contributed by atoms with Crippen molar-refractivity contribution in [3.05, 3.63) is 28.8 Å². The van der Waals surface area contributed by atoms with Crippen molar-refractivity contribution in [2.45, 2.75) is 153 Å². The van der Waals surface area contributed by atoms with Gasteiger partial charge in [-0.15, -0.1) is 0 Å². The van der Waals surface area contributed by atoms with Crippen molar-refractivity contribution >= 4 is 63.4 Å². The summed E-state index contributed by atoms with van der Waals surface area (Å²) < 4.78 is 6.44. The molecule has 0 saturated heterocycles. The van der Waals surface area contributed by atoms with Crippen LogP contribution in [0.5, 0.6) is 0 Å². The zero-order chi connectivity index (χ0) is 31.1. The van der Waals surface area contributed by atoms with Crippen molar-refractivity contribution < 1.29 is 0 Å². The van der Waals surface area contributed by atoms with Crippen LogP contribution in [-0.2, 0) is 5.41 Å². The van der Waals surface area contributed by atoms with Gasteiger partial charge in [0, 0.05) is 0 Å². The molecule has 4 bridgehead atoms. The van der Waals surface area contributed by atoms with Crippen LogP contribution in [0.2, 0.25) is 78.6 Å². The number of hydrogen-bond donors (Lipinski definition) is 1. The molecule has 4 saturated carbocycles. The molecule has 41 heavy (non-hydrogen) atoms. The second-order valence-corrected chi connectivity index (χ2v) is 49.5. The van der Waals surface area contributed by atoms with Crippen molar-refractivity contribution in [2.75, 3.05) is 0 Å². The summed E-state index contributed by atoms with van der Waals surface area (Å²) in [7, 11) is -5.95. The minimum atomic E-state index is -1.97. The Balaban J connectivity index is 1.98. The summed E-state index contributed by atoms with van der Waals surface area (Å²) in [5.41, 5.74) is 5.39. The van der Waals surface area contributed by atoms with Crippen LogP contribution in [0.15, 0.2) is 12.1 Å². The molecule has 0 aliphatic heterocycles. The Morgan fingerprint density at radius 2 is 1.00 bits per heavy atom. The molecule has 233 valence electrons. The first-order valence-corrected chi connectivity index (χ1v) is 38.2.